The summed E-state index contributed by atoms with van der Waals surface area (Å²) in [6, 6.07) is 0. The molecule has 2 atom stereocenters. The van der Waals surface area contributed by atoms with Gasteiger partial charge in [-0.3, -0.25) is 4.79 Å². The van der Waals surface area contributed by atoms with Gasteiger partial charge in [-0.2, -0.15) is 0 Å². The van der Waals surface area contributed by atoms with E-state index in [4.69, 9.17) is 4.74 Å². The van der Waals surface area contributed by atoms with E-state index >= 15 is 0 Å². The SMILES string of the molecule is COC(=O)C1(NCC2CC2)CCNCC1C. The number of esters is 1. The van der Waals surface area contributed by atoms with Crippen molar-refractivity contribution in [1.82, 2.24) is 10.6 Å². The summed E-state index contributed by atoms with van der Waals surface area (Å²) in [6.45, 7) is 4.84. The Labute approximate surface area is 97.1 Å². The number of carbonyl (C=O) groups excluding carboxylic acids is 1. The van der Waals surface area contributed by atoms with Crippen molar-refractivity contribution in [1.29, 1.82) is 0 Å². The Balaban J connectivity index is 2.05. The number of carbonyl (C=O) groups is 1. The number of piperidine rings is 1. The van der Waals surface area contributed by atoms with Crippen LogP contribution in [0.5, 0.6) is 0 Å². The zero-order valence-corrected chi connectivity index (χ0v) is 10.2. The Hall–Kier alpha value is -0.610. The fraction of sp³-hybridized carbons (Fsp3) is 0.917. The Morgan fingerprint density at radius 3 is 2.88 bits per heavy atom. The highest BCUT2D eigenvalue weighted by atomic mass is 16.5. The zero-order valence-electron chi connectivity index (χ0n) is 10.2. The maximum Gasteiger partial charge on any atom is 0.326 e. The summed E-state index contributed by atoms with van der Waals surface area (Å²) in [4.78, 5) is 12.0. The maximum atomic E-state index is 12.0. The predicted octanol–water partition coefficient (Wildman–Crippen LogP) is 0.527. The molecule has 4 heteroatoms. The predicted molar refractivity (Wildman–Crippen MR) is 62.1 cm³/mol. The minimum Gasteiger partial charge on any atom is -0.468 e. The van der Waals surface area contributed by atoms with Crippen LogP contribution in [-0.4, -0.2) is 38.3 Å². The molecule has 0 bridgehead atoms. The maximum absolute atomic E-state index is 12.0. The zero-order chi connectivity index (χ0) is 11.6. The molecule has 2 fully saturated rings. The van der Waals surface area contributed by atoms with Crippen LogP contribution in [0.25, 0.3) is 0 Å². The highest BCUT2D eigenvalue weighted by Gasteiger charge is 2.46. The summed E-state index contributed by atoms with van der Waals surface area (Å²) in [5, 5.41) is 6.81. The largest absolute Gasteiger partial charge is 0.468 e. The van der Waals surface area contributed by atoms with Crippen LogP contribution < -0.4 is 10.6 Å². The second-order valence-electron chi connectivity index (χ2n) is 5.14. The van der Waals surface area contributed by atoms with Crippen molar-refractivity contribution in [2.45, 2.75) is 31.7 Å². The Kier molecular flexibility index (Phi) is 3.50. The first-order valence-electron chi connectivity index (χ1n) is 6.23. The van der Waals surface area contributed by atoms with Crippen molar-refractivity contribution in [3.05, 3.63) is 0 Å². The molecule has 1 aliphatic carbocycles. The molecule has 0 aromatic rings. The average Bonchev–Trinajstić information content (AvgIpc) is 3.11. The first kappa shape index (κ1) is 11.9. The van der Waals surface area contributed by atoms with Crippen molar-refractivity contribution in [2.24, 2.45) is 11.8 Å². The van der Waals surface area contributed by atoms with Crippen molar-refractivity contribution < 1.29 is 9.53 Å². The first-order chi connectivity index (χ1) is 7.69. The van der Waals surface area contributed by atoms with Crippen molar-refractivity contribution >= 4 is 5.97 Å². The van der Waals surface area contributed by atoms with Crippen LogP contribution >= 0.6 is 0 Å². The van der Waals surface area contributed by atoms with Gasteiger partial charge in [0.2, 0.25) is 0 Å². The molecule has 1 saturated carbocycles. The van der Waals surface area contributed by atoms with Crippen LogP contribution in [0.15, 0.2) is 0 Å². The molecule has 1 aliphatic heterocycles. The van der Waals surface area contributed by atoms with E-state index in [0.717, 1.165) is 32.0 Å². The van der Waals surface area contributed by atoms with Crippen LogP contribution in [0.3, 0.4) is 0 Å². The van der Waals surface area contributed by atoms with Gasteiger partial charge in [-0.1, -0.05) is 6.92 Å². The molecular weight excluding hydrogens is 204 g/mol. The van der Waals surface area contributed by atoms with Gasteiger partial charge < -0.3 is 15.4 Å². The van der Waals surface area contributed by atoms with E-state index in [1.165, 1.54) is 20.0 Å². The van der Waals surface area contributed by atoms with Gasteiger partial charge in [0.05, 0.1) is 7.11 Å². The second kappa shape index (κ2) is 4.72. The van der Waals surface area contributed by atoms with Crippen LogP contribution in [-0.2, 0) is 9.53 Å². The van der Waals surface area contributed by atoms with E-state index in [9.17, 15) is 4.79 Å². The Morgan fingerprint density at radius 1 is 1.56 bits per heavy atom. The Morgan fingerprint density at radius 2 is 2.31 bits per heavy atom. The molecule has 92 valence electrons. The van der Waals surface area contributed by atoms with Gasteiger partial charge in [-0.25, -0.2) is 0 Å². The molecule has 0 spiro atoms. The lowest BCUT2D eigenvalue weighted by atomic mass is 9.79. The minimum atomic E-state index is -0.456. The van der Waals surface area contributed by atoms with E-state index < -0.39 is 5.54 Å². The number of hydrogen-bond donors (Lipinski definition) is 2. The summed E-state index contributed by atoms with van der Waals surface area (Å²) < 4.78 is 4.99. The lowest BCUT2D eigenvalue weighted by Gasteiger charge is -2.41. The summed E-state index contributed by atoms with van der Waals surface area (Å²) in [5.41, 5.74) is -0.456. The van der Waals surface area contributed by atoms with Gasteiger partial charge in [-0.15, -0.1) is 0 Å². The molecule has 1 saturated heterocycles. The third kappa shape index (κ3) is 2.23. The first-order valence-corrected chi connectivity index (χ1v) is 6.23. The molecule has 2 aliphatic rings. The standard InChI is InChI=1S/C12H22N2O2/c1-9-7-13-6-5-12(9,11(15)16-2)14-8-10-3-4-10/h9-10,13-14H,3-8H2,1-2H3. The van der Waals surface area contributed by atoms with Crippen LogP contribution in [0.2, 0.25) is 0 Å². The van der Waals surface area contributed by atoms with E-state index in [1.807, 2.05) is 0 Å². The summed E-state index contributed by atoms with van der Waals surface area (Å²) in [6.07, 6.45) is 3.43. The molecular formula is C12H22N2O2. The summed E-state index contributed by atoms with van der Waals surface area (Å²) in [5.74, 6) is 0.971. The highest BCUT2D eigenvalue weighted by Crippen LogP contribution is 2.31. The third-order valence-electron chi connectivity index (χ3n) is 3.94. The number of rotatable bonds is 4. The van der Waals surface area contributed by atoms with Crippen LogP contribution in [0.1, 0.15) is 26.2 Å². The van der Waals surface area contributed by atoms with E-state index in [1.54, 1.807) is 0 Å². The number of ether oxygens (including phenoxy) is 1. The quantitative estimate of drug-likeness (QED) is 0.687. The highest BCUT2D eigenvalue weighted by molar-refractivity contribution is 5.81. The molecule has 16 heavy (non-hydrogen) atoms. The van der Waals surface area contributed by atoms with Crippen LogP contribution in [0, 0.1) is 11.8 Å². The van der Waals surface area contributed by atoms with Crippen molar-refractivity contribution in [2.75, 3.05) is 26.7 Å². The Bertz CT molecular complexity index is 266. The van der Waals surface area contributed by atoms with Gasteiger partial charge in [0.15, 0.2) is 0 Å². The fourth-order valence-corrected chi connectivity index (χ4v) is 2.49. The molecule has 0 amide bonds. The molecule has 0 aromatic carbocycles. The normalized spacial score (nSPS) is 34.8. The smallest absolute Gasteiger partial charge is 0.326 e. The van der Waals surface area contributed by atoms with Crippen molar-refractivity contribution in [3.63, 3.8) is 0 Å². The van der Waals surface area contributed by atoms with Crippen molar-refractivity contribution in [3.8, 4) is 0 Å². The molecule has 0 aromatic heterocycles. The topological polar surface area (TPSA) is 50.4 Å². The molecule has 2 N–H and O–H groups in total. The fourth-order valence-electron chi connectivity index (χ4n) is 2.49. The minimum absolute atomic E-state index is 0.0952. The van der Waals surface area contributed by atoms with Gasteiger partial charge >= 0.3 is 5.97 Å². The lowest BCUT2D eigenvalue weighted by Crippen LogP contribution is -2.63. The van der Waals surface area contributed by atoms with Gasteiger partial charge in [0.25, 0.3) is 0 Å². The molecule has 1 heterocycles. The molecule has 2 unspecified atom stereocenters. The summed E-state index contributed by atoms with van der Waals surface area (Å²) in [7, 11) is 1.48. The summed E-state index contributed by atoms with van der Waals surface area (Å²) >= 11 is 0. The number of methoxy groups -OCH3 is 1. The third-order valence-corrected chi connectivity index (χ3v) is 3.94. The number of hydrogen-bond acceptors (Lipinski definition) is 4. The molecule has 4 nitrogen and oxygen atoms in total. The van der Waals surface area contributed by atoms with E-state index in [0.29, 0.717) is 0 Å². The van der Waals surface area contributed by atoms with Gasteiger partial charge in [0.1, 0.15) is 5.54 Å². The van der Waals surface area contributed by atoms with Gasteiger partial charge in [0, 0.05) is 6.54 Å². The van der Waals surface area contributed by atoms with E-state index in [-0.39, 0.29) is 11.9 Å². The van der Waals surface area contributed by atoms with Crippen LogP contribution in [0.4, 0.5) is 0 Å². The second-order valence-corrected chi connectivity index (χ2v) is 5.14. The lowest BCUT2D eigenvalue weighted by molar-refractivity contribution is -0.152. The average molecular weight is 226 g/mol. The van der Waals surface area contributed by atoms with Gasteiger partial charge in [-0.05, 0) is 44.2 Å². The monoisotopic (exact) mass is 226 g/mol. The van der Waals surface area contributed by atoms with E-state index in [2.05, 4.69) is 17.6 Å². The number of nitrogens with one attached hydrogen (secondary N) is 2. The molecule has 0 radical (unpaired) electrons. The molecule has 2 rings (SSSR count).